The van der Waals surface area contributed by atoms with Crippen molar-refractivity contribution in [2.45, 2.75) is 13.0 Å². The molecule has 8 heteroatoms. The summed E-state index contributed by atoms with van der Waals surface area (Å²) in [6.07, 6.45) is 0.531. The number of fused-ring (bicyclic) bond motifs is 1. The van der Waals surface area contributed by atoms with E-state index >= 15 is 0 Å². The van der Waals surface area contributed by atoms with Crippen LogP contribution in [0.15, 0.2) is 4.42 Å². The van der Waals surface area contributed by atoms with E-state index in [9.17, 15) is 8.42 Å². The Morgan fingerprint density at radius 3 is 2.81 bits per heavy atom. The second-order valence-electron chi connectivity index (χ2n) is 3.80. The first-order valence-corrected chi connectivity index (χ1v) is 6.22. The van der Waals surface area contributed by atoms with Crippen molar-refractivity contribution in [1.29, 1.82) is 0 Å². The van der Waals surface area contributed by atoms with Crippen LogP contribution >= 0.6 is 0 Å². The van der Waals surface area contributed by atoms with Crippen molar-refractivity contribution in [2.75, 3.05) is 26.4 Å². The number of nitrogens with two attached hydrogens (primary N) is 1. The Balaban J connectivity index is 2.26. The third kappa shape index (κ3) is 1.79. The maximum atomic E-state index is 11.9. The van der Waals surface area contributed by atoms with Gasteiger partial charge in [0.2, 0.25) is 0 Å². The van der Waals surface area contributed by atoms with Crippen molar-refractivity contribution < 1.29 is 12.8 Å². The molecular weight excluding hydrogens is 232 g/mol. The summed E-state index contributed by atoms with van der Waals surface area (Å²) in [5.74, 6) is 0.536. The van der Waals surface area contributed by atoms with Gasteiger partial charge in [-0.15, -0.1) is 0 Å². The molecule has 90 valence electrons. The summed E-state index contributed by atoms with van der Waals surface area (Å²) in [4.78, 5) is 3.99. The number of hydrogen-bond acceptors (Lipinski definition) is 5. The number of hydrogen-bond donors (Lipinski definition) is 1. The molecule has 0 aromatic carbocycles. The van der Waals surface area contributed by atoms with Crippen LogP contribution in [0.5, 0.6) is 0 Å². The minimum absolute atomic E-state index is 0.0918. The molecule has 0 atom stereocenters. The third-order valence-corrected chi connectivity index (χ3v) is 4.39. The van der Waals surface area contributed by atoms with Crippen LogP contribution in [-0.4, -0.2) is 42.7 Å². The number of nitrogens with zero attached hydrogens (tertiary/aromatic N) is 3. The highest BCUT2D eigenvalue weighted by molar-refractivity contribution is 7.86. The van der Waals surface area contributed by atoms with E-state index in [0.717, 1.165) is 5.69 Å². The van der Waals surface area contributed by atoms with Crippen LogP contribution in [0.3, 0.4) is 0 Å². The molecule has 1 aliphatic heterocycles. The van der Waals surface area contributed by atoms with Gasteiger partial charge in [0.05, 0.1) is 12.2 Å². The molecule has 0 saturated heterocycles. The largest absolute Gasteiger partial charge is 0.427 e. The molecule has 0 saturated carbocycles. The number of anilines is 1. The highest BCUT2D eigenvalue weighted by atomic mass is 32.2. The molecule has 2 rings (SSSR count). The summed E-state index contributed by atoms with van der Waals surface area (Å²) in [7, 11) is -0.396. The third-order valence-electron chi connectivity index (χ3n) is 2.50. The molecule has 0 spiro atoms. The lowest BCUT2D eigenvalue weighted by atomic mass is 10.2. The topological polar surface area (TPSA) is 92.7 Å². The van der Waals surface area contributed by atoms with Crippen LogP contribution in [0, 0.1) is 0 Å². The fourth-order valence-corrected chi connectivity index (χ4v) is 2.68. The first-order chi connectivity index (χ1) is 7.41. The van der Waals surface area contributed by atoms with Crippen LogP contribution < -0.4 is 5.73 Å². The van der Waals surface area contributed by atoms with Crippen molar-refractivity contribution in [3.8, 4) is 0 Å². The first kappa shape index (κ1) is 11.4. The highest BCUT2D eigenvalue weighted by Gasteiger charge is 2.31. The number of rotatable bonds is 2. The Labute approximate surface area is 94.0 Å². The van der Waals surface area contributed by atoms with Crippen LogP contribution in [0.25, 0.3) is 0 Å². The molecular formula is C8H14N4O3S. The van der Waals surface area contributed by atoms with Gasteiger partial charge in [-0.2, -0.15) is 22.0 Å². The zero-order chi connectivity index (χ0) is 11.9. The van der Waals surface area contributed by atoms with Crippen molar-refractivity contribution in [1.82, 2.24) is 13.6 Å². The van der Waals surface area contributed by atoms with Gasteiger partial charge in [0.1, 0.15) is 5.76 Å². The lowest BCUT2D eigenvalue weighted by molar-refractivity contribution is 0.325. The molecule has 7 nitrogen and oxygen atoms in total. The van der Waals surface area contributed by atoms with Crippen LogP contribution in [0.4, 0.5) is 6.01 Å². The lowest BCUT2D eigenvalue weighted by Crippen LogP contribution is -2.42. The van der Waals surface area contributed by atoms with E-state index in [0.29, 0.717) is 18.7 Å². The molecule has 0 unspecified atom stereocenters. The molecule has 1 aliphatic rings. The van der Waals surface area contributed by atoms with Crippen LogP contribution in [0.2, 0.25) is 0 Å². The molecule has 0 bridgehead atoms. The maximum Gasteiger partial charge on any atom is 0.292 e. The summed E-state index contributed by atoms with van der Waals surface area (Å²) in [5, 5.41) is 0. The predicted octanol–water partition coefficient (Wildman–Crippen LogP) is -0.579. The van der Waals surface area contributed by atoms with Gasteiger partial charge in [-0.05, 0) is 0 Å². The minimum atomic E-state index is -3.40. The molecule has 2 heterocycles. The normalized spacial score (nSPS) is 17.7. The first-order valence-electron chi connectivity index (χ1n) is 4.83. The Morgan fingerprint density at radius 1 is 1.50 bits per heavy atom. The summed E-state index contributed by atoms with van der Waals surface area (Å²) in [6.45, 7) is 0.597. The smallest absolute Gasteiger partial charge is 0.292 e. The monoisotopic (exact) mass is 246 g/mol. The fraction of sp³-hybridized carbons (Fsp3) is 0.625. The molecule has 1 aromatic heterocycles. The summed E-state index contributed by atoms with van der Waals surface area (Å²) in [5.41, 5.74) is 6.17. The number of aromatic nitrogens is 1. The SMILES string of the molecule is CN(C)S(=O)(=O)N1CCc2nc(N)oc2C1. The molecule has 2 N–H and O–H groups in total. The van der Waals surface area contributed by atoms with Gasteiger partial charge in [-0.25, -0.2) is 0 Å². The Bertz CT molecular complexity index is 493. The molecule has 16 heavy (non-hydrogen) atoms. The van der Waals surface area contributed by atoms with Gasteiger partial charge in [0.15, 0.2) is 0 Å². The van der Waals surface area contributed by atoms with Crippen LogP contribution in [0.1, 0.15) is 11.5 Å². The van der Waals surface area contributed by atoms with Gasteiger partial charge in [0, 0.05) is 27.1 Å². The van der Waals surface area contributed by atoms with Gasteiger partial charge in [0.25, 0.3) is 16.2 Å². The van der Waals surface area contributed by atoms with E-state index < -0.39 is 10.2 Å². The van der Waals surface area contributed by atoms with E-state index in [1.54, 1.807) is 0 Å². The Morgan fingerprint density at radius 2 is 2.19 bits per heavy atom. The van der Waals surface area contributed by atoms with Gasteiger partial charge < -0.3 is 10.2 Å². The maximum absolute atomic E-state index is 11.9. The average Bonchev–Trinajstić information content (AvgIpc) is 2.56. The predicted molar refractivity (Wildman–Crippen MR) is 57.6 cm³/mol. The molecule has 0 aliphatic carbocycles. The second-order valence-corrected chi connectivity index (χ2v) is 5.94. The van der Waals surface area contributed by atoms with E-state index in [-0.39, 0.29) is 12.6 Å². The van der Waals surface area contributed by atoms with E-state index in [4.69, 9.17) is 10.2 Å². The zero-order valence-corrected chi connectivity index (χ0v) is 9.99. The Kier molecular flexibility index (Phi) is 2.64. The summed E-state index contributed by atoms with van der Waals surface area (Å²) in [6, 6.07) is 0.0918. The van der Waals surface area contributed by atoms with E-state index in [1.807, 2.05) is 0 Å². The number of nitrogen functional groups attached to an aromatic ring is 1. The van der Waals surface area contributed by atoms with Crippen molar-refractivity contribution in [3.05, 3.63) is 11.5 Å². The summed E-state index contributed by atoms with van der Waals surface area (Å²) >= 11 is 0. The van der Waals surface area contributed by atoms with Gasteiger partial charge >= 0.3 is 0 Å². The standard InChI is InChI=1S/C8H14N4O3S/c1-11(2)16(13,14)12-4-3-6-7(5-12)15-8(9)10-6/h3-5H2,1-2H3,(H2,9,10). The molecule has 0 amide bonds. The van der Waals surface area contributed by atoms with Gasteiger partial charge in [-0.3, -0.25) is 0 Å². The molecule has 0 fully saturated rings. The van der Waals surface area contributed by atoms with Crippen molar-refractivity contribution in [2.24, 2.45) is 0 Å². The minimum Gasteiger partial charge on any atom is -0.427 e. The zero-order valence-electron chi connectivity index (χ0n) is 9.17. The average molecular weight is 246 g/mol. The Hall–Kier alpha value is -1.12. The number of oxazole rings is 1. The van der Waals surface area contributed by atoms with E-state index in [2.05, 4.69) is 4.98 Å². The van der Waals surface area contributed by atoms with E-state index in [1.165, 1.54) is 22.7 Å². The van der Waals surface area contributed by atoms with Crippen LogP contribution in [-0.2, 0) is 23.2 Å². The molecule has 1 aromatic rings. The quantitative estimate of drug-likeness (QED) is 0.753. The van der Waals surface area contributed by atoms with Gasteiger partial charge in [-0.1, -0.05) is 0 Å². The fourth-order valence-electron chi connectivity index (χ4n) is 1.62. The second kappa shape index (κ2) is 3.72. The molecule has 0 radical (unpaired) electrons. The van der Waals surface area contributed by atoms with Crippen molar-refractivity contribution >= 4 is 16.2 Å². The summed E-state index contributed by atoms with van der Waals surface area (Å²) < 4.78 is 31.4. The van der Waals surface area contributed by atoms with Crippen molar-refractivity contribution in [3.63, 3.8) is 0 Å². The highest BCUT2D eigenvalue weighted by Crippen LogP contribution is 2.23. The lowest BCUT2D eigenvalue weighted by Gasteiger charge is -2.27.